The molecule has 0 bridgehead atoms. The zero-order valence-electron chi connectivity index (χ0n) is 18.9. The van der Waals surface area contributed by atoms with Crippen molar-refractivity contribution in [1.82, 2.24) is 0 Å². The number of hydrogen-bond acceptors (Lipinski definition) is 2. The summed E-state index contributed by atoms with van der Waals surface area (Å²) in [6.45, 7) is 11.3. The molecule has 1 aromatic carbocycles. The van der Waals surface area contributed by atoms with Gasteiger partial charge in [-0.2, -0.15) is 0 Å². The van der Waals surface area contributed by atoms with Crippen molar-refractivity contribution in [2.75, 3.05) is 6.61 Å². The van der Waals surface area contributed by atoms with Gasteiger partial charge in [0.05, 0.1) is 12.7 Å². The first-order valence-corrected chi connectivity index (χ1v) is 11.7. The van der Waals surface area contributed by atoms with E-state index in [1.807, 2.05) is 6.07 Å². The molecule has 0 amide bonds. The quantitative estimate of drug-likeness (QED) is 0.546. The van der Waals surface area contributed by atoms with Crippen molar-refractivity contribution >= 4 is 6.08 Å². The van der Waals surface area contributed by atoms with Gasteiger partial charge < -0.3 is 10.2 Å². The van der Waals surface area contributed by atoms with E-state index < -0.39 is 0 Å². The Labute approximate surface area is 177 Å². The van der Waals surface area contributed by atoms with Crippen LogP contribution in [0, 0.1) is 34.5 Å². The van der Waals surface area contributed by atoms with Gasteiger partial charge in [-0.05, 0) is 48.5 Å². The fourth-order valence-corrected chi connectivity index (χ4v) is 6.97. The van der Waals surface area contributed by atoms with Gasteiger partial charge in [-0.1, -0.05) is 95.2 Å². The number of benzene rings is 1. The molecule has 1 saturated carbocycles. The molecule has 160 valence electrons. The second-order valence-electron chi connectivity index (χ2n) is 9.35. The largest absolute Gasteiger partial charge is 0.396 e. The highest BCUT2D eigenvalue weighted by Gasteiger charge is 2.63. The average molecular weight is 397 g/mol. The van der Waals surface area contributed by atoms with E-state index in [0.717, 1.165) is 25.7 Å². The summed E-state index contributed by atoms with van der Waals surface area (Å²) in [5, 5.41) is 22.1. The minimum absolute atomic E-state index is 0.168. The first-order valence-electron chi connectivity index (χ1n) is 11.7. The molecule has 29 heavy (non-hydrogen) atoms. The number of hydrogen-bond donors (Lipinski definition) is 2. The third kappa shape index (κ3) is 3.33. The lowest BCUT2D eigenvalue weighted by Gasteiger charge is -2.57. The first kappa shape index (κ1) is 22.3. The standard InChI is InChI=1S/C27H40O2/c1-6-21-17-26(8-3,16-15-20-13-11-10-12-14-20)27(9-4,18-28)24-22(7-2)25(29)19(5)23(21)24/h10-17,19,22-25,28-29H,6-9,18H2,1-5H3/b16-15+/t19-,22-,23+,24-,25-,26-,27+/m0/s1. The van der Waals surface area contributed by atoms with Gasteiger partial charge in [0, 0.05) is 10.8 Å². The van der Waals surface area contributed by atoms with Crippen LogP contribution in [0.15, 0.2) is 48.1 Å². The van der Waals surface area contributed by atoms with E-state index in [1.54, 1.807) is 0 Å². The van der Waals surface area contributed by atoms with Crippen LogP contribution in [0.25, 0.3) is 6.08 Å². The van der Waals surface area contributed by atoms with Crippen LogP contribution in [0.2, 0.25) is 0 Å². The summed E-state index contributed by atoms with van der Waals surface area (Å²) < 4.78 is 0. The highest BCUT2D eigenvalue weighted by molar-refractivity contribution is 5.52. The lowest BCUT2D eigenvalue weighted by molar-refractivity contribution is -0.0688. The lowest BCUT2D eigenvalue weighted by atomic mass is 9.47. The summed E-state index contributed by atoms with van der Waals surface area (Å²) >= 11 is 0. The van der Waals surface area contributed by atoms with Gasteiger partial charge in [0.15, 0.2) is 0 Å². The second kappa shape index (κ2) is 8.78. The predicted molar refractivity (Wildman–Crippen MR) is 122 cm³/mol. The van der Waals surface area contributed by atoms with Gasteiger partial charge in [-0.3, -0.25) is 0 Å². The predicted octanol–water partition coefficient (Wildman–Crippen LogP) is 6.10. The van der Waals surface area contributed by atoms with Crippen molar-refractivity contribution in [2.24, 2.45) is 34.5 Å². The third-order valence-corrected chi connectivity index (χ3v) is 8.58. The van der Waals surface area contributed by atoms with Crippen LogP contribution in [0.1, 0.15) is 65.9 Å². The molecular formula is C27H40O2. The Bertz CT molecular complexity index is 730. The van der Waals surface area contributed by atoms with E-state index in [4.69, 9.17) is 0 Å². The number of aliphatic hydroxyl groups excluding tert-OH is 2. The molecule has 0 spiro atoms. The normalized spacial score (nSPS) is 39.6. The van der Waals surface area contributed by atoms with Crippen LogP contribution in [0.5, 0.6) is 0 Å². The summed E-state index contributed by atoms with van der Waals surface area (Å²) in [5.41, 5.74) is 2.23. The molecule has 2 heteroatoms. The van der Waals surface area contributed by atoms with Crippen molar-refractivity contribution in [3.8, 4) is 0 Å². The van der Waals surface area contributed by atoms with Gasteiger partial charge in [0.25, 0.3) is 0 Å². The molecule has 2 aliphatic carbocycles. The molecule has 0 heterocycles. The number of aliphatic hydroxyl groups is 2. The maximum atomic E-state index is 11.1. The van der Waals surface area contributed by atoms with Gasteiger partial charge in [-0.25, -0.2) is 0 Å². The second-order valence-corrected chi connectivity index (χ2v) is 9.35. The molecule has 0 unspecified atom stereocenters. The summed E-state index contributed by atoms with van der Waals surface area (Å²) in [7, 11) is 0. The summed E-state index contributed by atoms with van der Waals surface area (Å²) in [6.07, 6.45) is 10.7. The van der Waals surface area contributed by atoms with E-state index in [1.165, 1.54) is 11.1 Å². The smallest absolute Gasteiger partial charge is 0.0602 e. The van der Waals surface area contributed by atoms with Gasteiger partial charge in [0.1, 0.15) is 0 Å². The van der Waals surface area contributed by atoms with Crippen LogP contribution in [-0.4, -0.2) is 22.9 Å². The van der Waals surface area contributed by atoms with Gasteiger partial charge >= 0.3 is 0 Å². The molecule has 0 saturated heterocycles. The van der Waals surface area contributed by atoms with Crippen LogP contribution >= 0.6 is 0 Å². The van der Waals surface area contributed by atoms with Crippen molar-refractivity contribution in [1.29, 1.82) is 0 Å². The fourth-order valence-electron chi connectivity index (χ4n) is 6.97. The van der Waals surface area contributed by atoms with Crippen molar-refractivity contribution in [3.05, 3.63) is 53.6 Å². The van der Waals surface area contributed by atoms with Crippen molar-refractivity contribution < 1.29 is 10.2 Å². The summed E-state index contributed by atoms with van der Waals surface area (Å²) in [5.74, 6) is 1.18. The molecule has 1 aromatic rings. The Morgan fingerprint density at radius 1 is 1.03 bits per heavy atom. The molecule has 2 aliphatic rings. The lowest BCUT2D eigenvalue weighted by Crippen LogP contribution is -2.54. The molecule has 3 rings (SSSR count). The third-order valence-electron chi connectivity index (χ3n) is 8.58. The minimum Gasteiger partial charge on any atom is -0.396 e. The minimum atomic E-state index is -0.284. The highest BCUT2D eigenvalue weighted by Crippen LogP contribution is 2.66. The van der Waals surface area contributed by atoms with E-state index in [9.17, 15) is 10.2 Å². The van der Waals surface area contributed by atoms with Crippen LogP contribution in [-0.2, 0) is 0 Å². The van der Waals surface area contributed by atoms with E-state index in [0.29, 0.717) is 11.8 Å². The Morgan fingerprint density at radius 2 is 1.72 bits per heavy atom. The van der Waals surface area contributed by atoms with Crippen LogP contribution in [0.4, 0.5) is 0 Å². The zero-order chi connectivity index (χ0) is 21.2. The van der Waals surface area contributed by atoms with E-state index in [-0.39, 0.29) is 35.4 Å². The Kier molecular flexibility index (Phi) is 6.75. The van der Waals surface area contributed by atoms with E-state index in [2.05, 4.69) is 77.1 Å². The topological polar surface area (TPSA) is 40.5 Å². The number of fused-ring (bicyclic) bond motifs is 1. The van der Waals surface area contributed by atoms with Gasteiger partial charge in [-0.15, -0.1) is 0 Å². The molecule has 0 radical (unpaired) electrons. The monoisotopic (exact) mass is 396 g/mol. The van der Waals surface area contributed by atoms with Crippen molar-refractivity contribution in [3.63, 3.8) is 0 Å². The molecule has 2 N–H and O–H groups in total. The fraction of sp³-hybridized carbons (Fsp3) is 0.630. The SMILES string of the molecule is CCC1=C[C@@](/C=C/c2ccccc2)(CC)[C@](CC)(CO)[C@H]2[C@H](CC)[C@@H](O)[C@@H](C)[C@H]12. The maximum Gasteiger partial charge on any atom is 0.0602 e. The molecule has 0 aliphatic heterocycles. The van der Waals surface area contributed by atoms with Crippen LogP contribution in [0.3, 0.4) is 0 Å². The first-order chi connectivity index (χ1) is 13.9. The number of allylic oxidation sites excluding steroid dienone is 3. The Morgan fingerprint density at radius 3 is 2.24 bits per heavy atom. The molecule has 1 fully saturated rings. The van der Waals surface area contributed by atoms with Gasteiger partial charge in [0.2, 0.25) is 0 Å². The molecular weight excluding hydrogens is 356 g/mol. The Hall–Kier alpha value is -1.38. The Balaban J connectivity index is 2.22. The molecule has 0 aromatic heterocycles. The summed E-state index contributed by atoms with van der Waals surface area (Å²) in [6, 6.07) is 10.5. The molecule has 2 nitrogen and oxygen atoms in total. The highest BCUT2D eigenvalue weighted by atomic mass is 16.3. The van der Waals surface area contributed by atoms with Crippen LogP contribution < -0.4 is 0 Å². The zero-order valence-corrected chi connectivity index (χ0v) is 18.9. The van der Waals surface area contributed by atoms with Crippen molar-refractivity contribution in [2.45, 2.75) is 66.4 Å². The maximum absolute atomic E-state index is 11.1. The average Bonchev–Trinajstić information content (AvgIpc) is 3.03. The number of rotatable bonds is 7. The van der Waals surface area contributed by atoms with E-state index >= 15 is 0 Å². The molecule has 7 atom stereocenters. The summed E-state index contributed by atoms with van der Waals surface area (Å²) in [4.78, 5) is 0.